The van der Waals surface area contributed by atoms with Gasteiger partial charge in [-0.3, -0.25) is 0 Å². The first-order valence-electron chi connectivity index (χ1n) is 48.1. The number of benzene rings is 21. The first kappa shape index (κ1) is 87.3. The first-order chi connectivity index (χ1) is 72.3. The van der Waals surface area contributed by atoms with Crippen molar-refractivity contribution in [1.82, 2.24) is 89.7 Å². The number of fused-ring (bicyclic) bond motifs is 14. The van der Waals surface area contributed by atoms with Crippen LogP contribution in [0, 0.1) is 0 Å². The molecule has 0 saturated heterocycles. The molecule has 6 aromatic heterocycles. The minimum Gasteiger partial charge on any atom is -0.208 e. The van der Waals surface area contributed by atoms with Crippen LogP contribution in [0.1, 0.15) is 0 Å². The lowest BCUT2D eigenvalue weighted by molar-refractivity contribution is 1.00. The second-order valence-corrected chi connectivity index (χ2v) is 35.1. The molecule has 0 fully saturated rings. The van der Waals surface area contributed by atoms with Crippen molar-refractivity contribution in [2.75, 3.05) is 0 Å². The summed E-state index contributed by atoms with van der Waals surface area (Å²) in [5.41, 5.74) is 12.8. The van der Waals surface area contributed by atoms with Crippen LogP contribution in [0.25, 0.3) is 269 Å². The van der Waals surface area contributed by atoms with E-state index in [1.54, 1.807) is 0 Å². The van der Waals surface area contributed by atoms with Crippen molar-refractivity contribution < 1.29 is 0 Å². The summed E-state index contributed by atoms with van der Waals surface area (Å²) in [5.74, 6) is 8.76. The molecule has 146 heavy (non-hydrogen) atoms. The van der Waals surface area contributed by atoms with E-state index < -0.39 is 0 Å². The summed E-state index contributed by atoms with van der Waals surface area (Å²) in [6.45, 7) is 0. The van der Waals surface area contributed by atoms with E-state index in [0.717, 1.165) is 116 Å². The Morgan fingerprint density at radius 3 is 0.575 bits per heavy atom. The fraction of sp³-hybridized carbons (Fsp3) is 0. The van der Waals surface area contributed by atoms with Gasteiger partial charge in [-0.25, -0.2) is 89.7 Å². The Morgan fingerprint density at radius 1 is 0.0822 bits per heavy atom. The van der Waals surface area contributed by atoms with Crippen molar-refractivity contribution >= 4 is 86.2 Å². The maximum absolute atomic E-state index is 5.13. The molecule has 0 unspecified atom stereocenters. The normalized spacial score (nSPS) is 11.3. The number of hydrogen-bond acceptors (Lipinski definition) is 18. The summed E-state index contributed by atoms with van der Waals surface area (Å²) in [6, 6.07) is 164. The monoisotopic (exact) mass is 1870 g/mol. The molecule has 18 heteroatoms. The third kappa shape index (κ3) is 17.6. The van der Waals surface area contributed by atoms with Gasteiger partial charge in [0.05, 0.1) is 0 Å². The van der Waals surface area contributed by atoms with E-state index in [-0.39, 0.29) is 0 Å². The molecule has 27 rings (SSSR count). The van der Waals surface area contributed by atoms with Gasteiger partial charge in [0, 0.05) is 66.8 Å². The van der Waals surface area contributed by atoms with Crippen LogP contribution in [-0.4, -0.2) is 89.7 Å². The van der Waals surface area contributed by atoms with Gasteiger partial charge in [-0.1, -0.05) is 467 Å². The molecule has 0 spiro atoms. The molecule has 0 saturated carbocycles. The molecule has 21 aromatic carbocycles. The van der Waals surface area contributed by atoms with Crippen LogP contribution >= 0.6 is 0 Å². The zero-order valence-corrected chi connectivity index (χ0v) is 78.2. The van der Waals surface area contributed by atoms with E-state index in [2.05, 4.69) is 206 Å². The van der Waals surface area contributed by atoms with E-state index >= 15 is 0 Å². The van der Waals surface area contributed by atoms with E-state index in [1.165, 1.54) is 48.5 Å². The van der Waals surface area contributed by atoms with E-state index in [9.17, 15) is 0 Å². The molecule has 0 radical (unpaired) electrons. The SMILES string of the molecule is c1ccc(-c2ccc(-c3nc(-c4ccccc4)nc(-c4nc(-c5ccccc5)nc(-c5cc6ccccc6c6ccccc56)n4)n3)cc2)cc1.c1ccc(-c2nc(-c3ccccc3)nc(-c3nc(-c4ccccc4)nc(-c4cc5c6ccccc6ccc5c5ccccc45)n3)n2)cc1.c1ccc(-c2nc(-c3ccccc3)nc(-c3nc(-c4ccccc4)nc(-c4ccc5c6ccccc6c6ccccc6c5c4)n3)n2)cc1. The highest BCUT2D eigenvalue weighted by atomic mass is 15.1. The topological polar surface area (TPSA) is 232 Å². The van der Waals surface area contributed by atoms with Crippen molar-refractivity contribution in [1.29, 1.82) is 0 Å². The molecule has 0 atom stereocenters. The number of aromatic nitrogens is 18. The predicted octanol–water partition coefficient (Wildman–Crippen LogP) is 30.1. The average molecular weight is 1870 g/mol. The van der Waals surface area contributed by atoms with Crippen molar-refractivity contribution in [2.45, 2.75) is 0 Å². The van der Waals surface area contributed by atoms with Gasteiger partial charge in [0.2, 0.25) is 34.9 Å². The Kier molecular flexibility index (Phi) is 23.2. The third-order valence-electron chi connectivity index (χ3n) is 25.9. The highest BCUT2D eigenvalue weighted by Gasteiger charge is 2.26. The Bertz CT molecular complexity index is 9440. The minimum atomic E-state index is 0.368. The third-order valence-corrected chi connectivity index (χ3v) is 25.9. The lowest BCUT2D eigenvalue weighted by Crippen LogP contribution is -2.06. The number of nitrogens with zero attached hydrogens (tertiary/aromatic N) is 18. The molecule has 27 aromatic rings. The maximum Gasteiger partial charge on any atom is 0.202 e. The summed E-state index contributed by atoms with van der Waals surface area (Å²) < 4.78 is 0. The fourth-order valence-electron chi connectivity index (χ4n) is 18.9. The lowest BCUT2D eigenvalue weighted by atomic mass is 9.93. The van der Waals surface area contributed by atoms with Gasteiger partial charge in [-0.05, 0) is 116 Å². The lowest BCUT2D eigenvalue weighted by Gasteiger charge is -2.14. The van der Waals surface area contributed by atoms with Gasteiger partial charge in [-0.15, -0.1) is 0 Å². The minimum absolute atomic E-state index is 0.368. The van der Waals surface area contributed by atoms with E-state index in [0.29, 0.717) is 105 Å². The molecule has 0 aliphatic carbocycles. The molecular formula is C128H80N18. The molecule has 0 bridgehead atoms. The van der Waals surface area contributed by atoms with Crippen LogP contribution in [-0.2, 0) is 0 Å². The second-order valence-electron chi connectivity index (χ2n) is 35.1. The first-order valence-corrected chi connectivity index (χ1v) is 48.1. The number of hydrogen-bond donors (Lipinski definition) is 0. The van der Waals surface area contributed by atoms with Gasteiger partial charge in [-0.2, -0.15) is 0 Å². The van der Waals surface area contributed by atoms with Crippen LogP contribution in [0.4, 0.5) is 0 Å². The molecular weight excluding hydrogens is 1790 g/mol. The van der Waals surface area contributed by atoms with Crippen molar-refractivity contribution in [3.63, 3.8) is 0 Å². The van der Waals surface area contributed by atoms with Crippen molar-refractivity contribution in [3.8, 4) is 183 Å². The molecule has 0 amide bonds. The Hall–Kier alpha value is -20.2. The highest BCUT2D eigenvalue weighted by Crippen LogP contribution is 2.43. The molecule has 18 nitrogen and oxygen atoms in total. The Labute approximate surface area is 838 Å². The zero-order chi connectivity index (χ0) is 97.0. The van der Waals surface area contributed by atoms with Crippen molar-refractivity contribution in [3.05, 3.63) is 485 Å². The average Bonchev–Trinajstić information content (AvgIpc) is 0.743. The highest BCUT2D eigenvalue weighted by molar-refractivity contribution is 6.26. The van der Waals surface area contributed by atoms with Gasteiger partial charge in [0.1, 0.15) is 0 Å². The van der Waals surface area contributed by atoms with Crippen LogP contribution in [0.2, 0.25) is 0 Å². The van der Waals surface area contributed by atoms with Gasteiger partial charge < -0.3 is 0 Å². The summed E-state index contributed by atoms with van der Waals surface area (Å²) in [6.07, 6.45) is 0. The Morgan fingerprint density at radius 2 is 0.253 bits per heavy atom. The van der Waals surface area contributed by atoms with Crippen LogP contribution in [0.15, 0.2) is 485 Å². The largest absolute Gasteiger partial charge is 0.208 e. The standard InChI is InChI=1S/C44H28N6.2C42H26N6/c1-4-14-29(15-5-1)30-24-26-33(27-25-30)41-45-39(31-16-6-2-7-17-31)47-43(49-41)44-48-40(32-18-8-3-9-19-32)46-42(50-44)38-28-34-20-10-11-21-35(34)36-22-12-13-23-37(36)38;1-4-15-28(16-5-1)37-43-38(29-17-6-2-7-18-29)46-41(45-37)42-47-39(30-19-8-3-9-20-30)44-40(48-42)36-26-35-31-21-11-10-14-27(31)24-25-34(35)32-22-12-13-23-33(32)36;1-4-14-27(15-5-1)37-43-38(28-16-6-2-7-17-28)46-41(45-37)42-47-39(29-18-8-3-9-19-29)44-40(48-42)30-24-25-35-33-22-11-10-20-31(33)32-21-12-13-23-34(32)36(35)26-30/h1-28H;2*1-26H. The fourth-order valence-corrected chi connectivity index (χ4v) is 18.9. The quantitative estimate of drug-likeness (QED) is 0.0818. The summed E-state index contributed by atoms with van der Waals surface area (Å²) in [4.78, 5) is 89.8. The maximum atomic E-state index is 5.13. The number of rotatable bonds is 16. The molecule has 6 heterocycles. The van der Waals surface area contributed by atoms with Gasteiger partial charge in [0.15, 0.2) is 69.9 Å². The second kappa shape index (κ2) is 38.9. The Balaban J connectivity index is 0.000000114. The smallest absolute Gasteiger partial charge is 0.202 e. The summed E-state index contributed by atoms with van der Waals surface area (Å²) >= 11 is 0. The summed E-state index contributed by atoms with van der Waals surface area (Å²) in [5, 5.41) is 18.5. The molecule has 0 aliphatic heterocycles. The van der Waals surface area contributed by atoms with Crippen LogP contribution in [0.3, 0.4) is 0 Å². The molecule has 0 aliphatic rings. The molecule has 0 N–H and O–H groups in total. The van der Waals surface area contributed by atoms with Gasteiger partial charge in [0.25, 0.3) is 0 Å². The van der Waals surface area contributed by atoms with E-state index in [4.69, 9.17) is 89.7 Å². The molecule has 682 valence electrons. The van der Waals surface area contributed by atoms with Crippen LogP contribution in [0.5, 0.6) is 0 Å². The van der Waals surface area contributed by atoms with Gasteiger partial charge >= 0.3 is 0 Å². The van der Waals surface area contributed by atoms with Crippen LogP contribution < -0.4 is 0 Å². The zero-order valence-electron chi connectivity index (χ0n) is 78.2. The summed E-state index contributed by atoms with van der Waals surface area (Å²) in [7, 11) is 0. The van der Waals surface area contributed by atoms with Crippen molar-refractivity contribution in [2.24, 2.45) is 0 Å². The predicted molar refractivity (Wildman–Crippen MR) is 587 cm³/mol. The van der Waals surface area contributed by atoms with E-state index in [1.807, 2.05) is 279 Å².